The monoisotopic (exact) mass is 390 g/mol. The Morgan fingerprint density at radius 2 is 1.68 bits per heavy atom. The molecule has 0 spiro atoms. The number of piperazine rings is 1. The summed E-state index contributed by atoms with van der Waals surface area (Å²) in [6.07, 6.45) is 1.46. The minimum atomic E-state index is -0.699. The van der Waals surface area contributed by atoms with Crippen molar-refractivity contribution < 1.29 is 19.1 Å². The van der Waals surface area contributed by atoms with Gasteiger partial charge in [-0.25, -0.2) is 14.6 Å². The third-order valence-corrected chi connectivity index (χ3v) is 4.46. The van der Waals surface area contributed by atoms with Crippen LogP contribution in [0.15, 0.2) is 30.0 Å². The molecule has 2 heterocycles. The largest absolute Gasteiger partial charge is 0.462 e. The molecule has 8 nitrogen and oxygen atoms in total. The molecule has 0 atom stereocenters. The average Bonchev–Trinajstić information content (AvgIpc) is 2.69. The highest BCUT2D eigenvalue weighted by molar-refractivity contribution is 6.14. The van der Waals surface area contributed by atoms with Crippen molar-refractivity contribution in [2.75, 3.05) is 62.8 Å². The van der Waals surface area contributed by atoms with Crippen molar-refractivity contribution in [3.63, 3.8) is 0 Å². The zero-order valence-electron chi connectivity index (χ0n) is 17.2. The van der Waals surface area contributed by atoms with Crippen LogP contribution in [0.25, 0.3) is 0 Å². The van der Waals surface area contributed by atoms with Gasteiger partial charge < -0.3 is 24.2 Å². The Labute approximate surface area is 166 Å². The molecule has 1 aliphatic heterocycles. The smallest absolute Gasteiger partial charge is 0.347 e. The lowest BCUT2D eigenvalue weighted by molar-refractivity contribution is -0.146. The van der Waals surface area contributed by atoms with Crippen LogP contribution in [-0.2, 0) is 19.1 Å². The second-order valence-electron chi connectivity index (χ2n) is 6.41. The molecule has 0 amide bonds. The van der Waals surface area contributed by atoms with Crippen LogP contribution in [0.1, 0.15) is 20.8 Å². The summed E-state index contributed by atoms with van der Waals surface area (Å²) in [6, 6.07) is 5.76. The number of esters is 2. The van der Waals surface area contributed by atoms with Crippen LogP contribution in [-0.4, -0.2) is 74.8 Å². The Balaban J connectivity index is 2.28. The molecule has 0 unspecified atom stereocenters. The van der Waals surface area contributed by atoms with Gasteiger partial charge in [-0.3, -0.25) is 0 Å². The minimum absolute atomic E-state index is 0.141. The predicted molar refractivity (Wildman–Crippen MR) is 108 cm³/mol. The fourth-order valence-electron chi connectivity index (χ4n) is 2.87. The Bertz CT molecular complexity index is 679. The van der Waals surface area contributed by atoms with Gasteiger partial charge in [0.2, 0.25) is 0 Å². The first-order valence-electron chi connectivity index (χ1n) is 9.73. The molecule has 1 fully saturated rings. The predicted octanol–water partition coefficient (Wildman–Crippen LogP) is 1.67. The second kappa shape index (κ2) is 10.7. The summed E-state index contributed by atoms with van der Waals surface area (Å²) in [5.74, 6) is 0.139. The number of nitrogens with zero attached hydrogens (tertiary/aromatic N) is 4. The third-order valence-electron chi connectivity index (χ3n) is 4.46. The number of carbonyl (C=O) groups is 2. The van der Waals surface area contributed by atoms with Crippen LogP contribution in [0.4, 0.5) is 11.6 Å². The zero-order chi connectivity index (χ0) is 20.5. The highest BCUT2D eigenvalue weighted by atomic mass is 16.6. The van der Waals surface area contributed by atoms with Gasteiger partial charge in [0.15, 0.2) is 5.57 Å². The van der Waals surface area contributed by atoms with Crippen LogP contribution in [0.3, 0.4) is 0 Å². The van der Waals surface area contributed by atoms with Crippen molar-refractivity contribution in [3.05, 3.63) is 30.0 Å². The van der Waals surface area contributed by atoms with Crippen molar-refractivity contribution in [3.8, 4) is 0 Å². The average molecular weight is 390 g/mol. The van der Waals surface area contributed by atoms with Gasteiger partial charge in [-0.05, 0) is 40.0 Å². The molecule has 0 radical (unpaired) electrons. The topological polar surface area (TPSA) is 75.2 Å². The summed E-state index contributed by atoms with van der Waals surface area (Å²) < 4.78 is 10.0. The van der Waals surface area contributed by atoms with Gasteiger partial charge in [-0.15, -0.1) is 0 Å². The van der Waals surface area contributed by atoms with Crippen LogP contribution in [0, 0.1) is 0 Å². The molecule has 1 saturated heterocycles. The van der Waals surface area contributed by atoms with E-state index in [1.54, 1.807) is 18.7 Å². The summed E-state index contributed by atoms with van der Waals surface area (Å²) in [4.78, 5) is 35.5. The van der Waals surface area contributed by atoms with Gasteiger partial charge in [0, 0.05) is 38.9 Å². The maximum atomic E-state index is 12.2. The van der Waals surface area contributed by atoms with E-state index in [0.29, 0.717) is 12.4 Å². The number of pyridine rings is 1. The quantitative estimate of drug-likeness (QED) is 0.287. The Hall–Kier alpha value is -2.61. The Morgan fingerprint density at radius 1 is 1.07 bits per heavy atom. The van der Waals surface area contributed by atoms with Crippen molar-refractivity contribution in [1.29, 1.82) is 0 Å². The summed E-state index contributed by atoms with van der Waals surface area (Å²) in [5.41, 5.74) is -0.141. The summed E-state index contributed by atoms with van der Waals surface area (Å²) >= 11 is 0. The SMILES string of the molecule is CCOC(=O)C(=CN(CC)c1cccc(N2CCN(C)CC2)n1)C(=O)OCC. The number of anilines is 2. The first-order valence-corrected chi connectivity index (χ1v) is 9.73. The summed E-state index contributed by atoms with van der Waals surface area (Å²) in [5, 5.41) is 0. The van der Waals surface area contributed by atoms with Gasteiger partial charge in [-0.2, -0.15) is 0 Å². The first-order chi connectivity index (χ1) is 13.5. The van der Waals surface area contributed by atoms with E-state index in [4.69, 9.17) is 14.5 Å². The van der Waals surface area contributed by atoms with Crippen LogP contribution in [0.5, 0.6) is 0 Å². The van der Waals surface area contributed by atoms with Crippen LogP contribution < -0.4 is 9.80 Å². The zero-order valence-corrected chi connectivity index (χ0v) is 17.2. The molecular formula is C20H30N4O4. The van der Waals surface area contributed by atoms with E-state index in [1.807, 2.05) is 25.1 Å². The van der Waals surface area contributed by atoms with E-state index in [9.17, 15) is 9.59 Å². The molecule has 1 aromatic heterocycles. The lowest BCUT2D eigenvalue weighted by Crippen LogP contribution is -2.44. The molecule has 0 bridgehead atoms. The van der Waals surface area contributed by atoms with E-state index >= 15 is 0 Å². The highest BCUT2D eigenvalue weighted by Gasteiger charge is 2.23. The van der Waals surface area contributed by atoms with Crippen molar-refractivity contribution in [2.24, 2.45) is 0 Å². The molecule has 0 aromatic carbocycles. The number of hydrogen-bond donors (Lipinski definition) is 0. The molecule has 2 rings (SSSR count). The molecule has 28 heavy (non-hydrogen) atoms. The maximum absolute atomic E-state index is 12.2. The maximum Gasteiger partial charge on any atom is 0.347 e. The molecule has 0 saturated carbocycles. The van der Waals surface area contributed by atoms with E-state index in [0.717, 1.165) is 32.0 Å². The van der Waals surface area contributed by atoms with Crippen molar-refractivity contribution >= 4 is 23.6 Å². The van der Waals surface area contributed by atoms with Crippen LogP contribution in [0.2, 0.25) is 0 Å². The highest BCUT2D eigenvalue weighted by Crippen LogP contribution is 2.20. The molecular weight excluding hydrogens is 360 g/mol. The van der Waals surface area contributed by atoms with Crippen molar-refractivity contribution in [2.45, 2.75) is 20.8 Å². The molecule has 0 N–H and O–H groups in total. The third kappa shape index (κ3) is 5.69. The van der Waals surface area contributed by atoms with E-state index in [-0.39, 0.29) is 18.8 Å². The summed E-state index contributed by atoms with van der Waals surface area (Å²) in [7, 11) is 2.11. The van der Waals surface area contributed by atoms with Gasteiger partial charge in [0.25, 0.3) is 0 Å². The molecule has 0 aliphatic carbocycles. The lowest BCUT2D eigenvalue weighted by atomic mass is 10.2. The Kier molecular flexibility index (Phi) is 8.25. The van der Waals surface area contributed by atoms with Gasteiger partial charge in [0.1, 0.15) is 11.6 Å². The number of likely N-dealkylation sites (N-methyl/N-ethyl adjacent to an activating group) is 1. The standard InChI is InChI=1S/C20H30N4O4/c1-5-23(15-16(19(25)27-6-2)20(26)28-7-3)17-9-8-10-18(21-17)24-13-11-22(4)12-14-24/h8-10,15H,5-7,11-14H2,1-4H3. The second-order valence-corrected chi connectivity index (χ2v) is 6.41. The fraction of sp³-hybridized carbons (Fsp3) is 0.550. The number of carbonyl (C=O) groups excluding carboxylic acids is 2. The van der Waals surface area contributed by atoms with E-state index in [2.05, 4.69) is 16.8 Å². The Morgan fingerprint density at radius 3 is 2.21 bits per heavy atom. The number of ether oxygens (including phenoxy) is 2. The number of hydrogen-bond acceptors (Lipinski definition) is 8. The molecule has 154 valence electrons. The van der Waals surface area contributed by atoms with E-state index < -0.39 is 11.9 Å². The molecule has 1 aliphatic rings. The fourth-order valence-corrected chi connectivity index (χ4v) is 2.87. The summed E-state index contributed by atoms with van der Waals surface area (Å²) in [6.45, 7) is 9.99. The van der Waals surface area contributed by atoms with Gasteiger partial charge >= 0.3 is 11.9 Å². The van der Waals surface area contributed by atoms with Crippen LogP contribution >= 0.6 is 0 Å². The number of aromatic nitrogens is 1. The van der Waals surface area contributed by atoms with Gasteiger partial charge in [-0.1, -0.05) is 6.07 Å². The van der Waals surface area contributed by atoms with Gasteiger partial charge in [0.05, 0.1) is 13.2 Å². The first kappa shape index (κ1) is 21.7. The lowest BCUT2D eigenvalue weighted by Gasteiger charge is -2.33. The minimum Gasteiger partial charge on any atom is -0.462 e. The normalized spacial score (nSPS) is 14.4. The number of rotatable bonds is 8. The van der Waals surface area contributed by atoms with Crippen molar-refractivity contribution in [1.82, 2.24) is 9.88 Å². The van der Waals surface area contributed by atoms with E-state index in [1.165, 1.54) is 6.20 Å². The molecule has 8 heteroatoms. The molecule has 1 aromatic rings.